The van der Waals surface area contributed by atoms with E-state index in [1.807, 2.05) is 0 Å². The highest BCUT2D eigenvalue weighted by molar-refractivity contribution is 5.39. The van der Waals surface area contributed by atoms with Gasteiger partial charge in [-0.3, -0.25) is 0 Å². The van der Waals surface area contributed by atoms with Crippen LogP contribution in [0.2, 0.25) is 0 Å². The van der Waals surface area contributed by atoms with Crippen LogP contribution in [0.15, 0.2) is 118 Å². The molecule has 1 unspecified atom stereocenters. The Morgan fingerprint density at radius 1 is 0.721 bits per heavy atom. The van der Waals surface area contributed by atoms with Gasteiger partial charge in [-0.15, -0.1) is 0 Å². The number of rotatable bonds is 9. The zero-order valence-electron chi connectivity index (χ0n) is 28.4. The molecule has 2 aliphatic carbocycles. The summed E-state index contributed by atoms with van der Waals surface area (Å²) in [6.07, 6.45) is 30.2. The number of allylic oxidation sites excluding steroid dienone is 16. The maximum Gasteiger partial charge on any atom is 0.0982 e. The van der Waals surface area contributed by atoms with Crippen molar-refractivity contribution < 1.29 is 14.9 Å². The van der Waals surface area contributed by atoms with Gasteiger partial charge in [-0.2, -0.15) is 0 Å². The van der Waals surface area contributed by atoms with Gasteiger partial charge in [0.05, 0.1) is 23.9 Å². The molecule has 3 heteroatoms. The van der Waals surface area contributed by atoms with Crippen LogP contribution in [0.5, 0.6) is 0 Å². The second-order valence-corrected chi connectivity index (χ2v) is 14.5. The first-order chi connectivity index (χ1) is 20.0. The van der Waals surface area contributed by atoms with Gasteiger partial charge in [-0.1, -0.05) is 123 Å². The fourth-order valence-electron chi connectivity index (χ4n) is 7.02. The molecule has 2 N–H and O–H groups in total. The highest BCUT2D eigenvalue weighted by Crippen LogP contribution is 2.52. The molecule has 1 saturated carbocycles. The minimum absolute atomic E-state index is 0.00171. The Labute approximate surface area is 262 Å². The predicted octanol–water partition coefficient (Wildman–Crippen LogP) is 9.76. The Morgan fingerprint density at radius 3 is 1.86 bits per heavy atom. The summed E-state index contributed by atoms with van der Waals surface area (Å²) >= 11 is 0. The average molecular weight is 585 g/mol. The third kappa shape index (κ3) is 9.63. The van der Waals surface area contributed by atoms with Crippen LogP contribution in [0.25, 0.3) is 0 Å². The van der Waals surface area contributed by atoms with E-state index >= 15 is 0 Å². The molecule has 1 heterocycles. The van der Waals surface area contributed by atoms with Crippen LogP contribution in [-0.2, 0) is 4.74 Å². The predicted molar refractivity (Wildman–Crippen MR) is 184 cm³/mol. The first kappa shape index (κ1) is 34.8. The molecule has 43 heavy (non-hydrogen) atoms. The van der Waals surface area contributed by atoms with Gasteiger partial charge >= 0.3 is 0 Å². The SMILES string of the molecule is CC1=C(/C=C/C(C)=C/C=C/C(C)=C/C=C/C=C(C)/C=C/C=C(\C)C2C=C3C(C)(C)C[C@H](O)C[C@@]3(C)O2)C(C)(C)C[C@H](O)C1. The van der Waals surface area contributed by atoms with Crippen LogP contribution in [0.1, 0.15) is 94.9 Å². The fraction of sp³-hybridized carbons (Fsp3) is 0.500. The van der Waals surface area contributed by atoms with Gasteiger partial charge in [0.1, 0.15) is 0 Å². The van der Waals surface area contributed by atoms with Crippen molar-refractivity contribution in [2.24, 2.45) is 10.8 Å². The van der Waals surface area contributed by atoms with E-state index in [2.05, 4.69) is 148 Å². The zero-order chi connectivity index (χ0) is 32.0. The van der Waals surface area contributed by atoms with E-state index < -0.39 is 0 Å². The number of aliphatic hydroxyl groups is 2. The lowest BCUT2D eigenvalue weighted by atomic mass is 9.65. The number of ether oxygens (including phenoxy) is 1. The standard InChI is InChI=1S/C40H56O3/c1-28(17-13-18-30(3)21-22-35-32(5)23-33(41)25-38(35,6)7)15-11-12-16-29(2)19-14-20-31(4)36-24-37-39(8,9)26-34(42)27-40(37,10)43-36/h11-22,24,33-34,36,41-42H,23,25-27H2,1-10H3/b12-11+,17-13+,19-14+,22-21+,28-15+,29-16+,30-18+,31-20+/t33-,34+,36?,40-/m1/s1. The van der Waals surface area contributed by atoms with Crippen molar-refractivity contribution in [3.05, 3.63) is 118 Å². The van der Waals surface area contributed by atoms with Crippen LogP contribution >= 0.6 is 0 Å². The molecule has 1 aliphatic heterocycles. The summed E-state index contributed by atoms with van der Waals surface area (Å²) in [7, 11) is 0. The van der Waals surface area contributed by atoms with Crippen molar-refractivity contribution in [2.45, 2.75) is 119 Å². The molecule has 0 saturated heterocycles. The summed E-state index contributed by atoms with van der Waals surface area (Å²) in [5, 5.41) is 20.5. The molecule has 0 bridgehead atoms. The molecule has 3 nitrogen and oxygen atoms in total. The Bertz CT molecular complexity index is 1330. The van der Waals surface area contributed by atoms with E-state index in [-0.39, 0.29) is 34.7 Å². The van der Waals surface area contributed by atoms with Crippen LogP contribution in [-0.4, -0.2) is 34.1 Å². The Balaban J connectivity index is 1.52. The lowest BCUT2D eigenvalue weighted by Crippen LogP contribution is -2.45. The molecule has 0 aromatic heterocycles. The largest absolute Gasteiger partial charge is 0.393 e. The molecule has 1 fully saturated rings. The van der Waals surface area contributed by atoms with Gasteiger partial charge in [0.2, 0.25) is 0 Å². The lowest BCUT2D eigenvalue weighted by Gasteiger charge is -2.44. The maximum atomic E-state index is 10.4. The van der Waals surface area contributed by atoms with Crippen LogP contribution < -0.4 is 0 Å². The first-order valence-corrected chi connectivity index (χ1v) is 15.9. The molecule has 0 amide bonds. The lowest BCUT2D eigenvalue weighted by molar-refractivity contribution is -0.0683. The summed E-state index contributed by atoms with van der Waals surface area (Å²) in [5.41, 5.74) is 8.25. The highest BCUT2D eigenvalue weighted by Gasteiger charge is 2.50. The molecule has 0 aromatic carbocycles. The Hall–Kier alpha value is -2.72. The van der Waals surface area contributed by atoms with E-state index in [0.717, 1.165) is 19.3 Å². The highest BCUT2D eigenvalue weighted by atomic mass is 16.5. The van der Waals surface area contributed by atoms with Gasteiger partial charge in [-0.25, -0.2) is 0 Å². The third-order valence-electron chi connectivity index (χ3n) is 9.08. The molecule has 0 spiro atoms. The average Bonchev–Trinajstić information content (AvgIpc) is 3.23. The summed E-state index contributed by atoms with van der Waals surface area (Å²) in [5.74, 6) is 0. The van der Waals surface area contributed by atoms with Crippen molar-refractivity contribution in [3.8, 4) is 0 Å². The molecule has 0 radical (unpaired) electrons. The fourth-order valence-corrected chi connectivity index (χ4v) is 7.02. The zero-order valence-corrected chi connectivity index (χ0v) is 28.4. The number of fused-ring (bicyclic) bond motifs is 1. The Morgan fingerprint density at radius 2 is 1.26 bits per heavy atom. The molecule has 3 rings (SSSR count). The normalized spacial score (nSPS) is 30.8. The third-order valence-corrected chi connectivity index (χ3v) is 9.08. The van der Waals surface area contributed by atoms with Crippen molar-refractivity contribution >= 4 is 0 Å². The minimum Gasteiger partial charge on any atom is -0.393 e. The van der Waals surface area contributed by atoms with Crippen LogP contribution in [0.4, 0.5) is 0 Å². The molecular formula is C40H56O3. The number of hydrogen-bond donors (Lipinski definition) is 2. The summed E-state index contributed by atoms with van der Waals surface area (Å²) in [6.45, 7) is 21.6. The smallest absolute Gasteiger partial charge is 0.0982 e. The molecule has 4 atom stereocenters. The second kappa shape index (κ2) is 14.4. The maximum absolute atomic E-state index is 10.4. The molecule has 234 valence electrons. The monoisotopic (exact) mass is 584 g/mol. The van der Waals surface area contributed by atoms with Gasteiger partial charge < -0.3 is 14.9 Å². The summed E-state index contributed by atoms with van der Waals surface area (Å²) in [4.78, 5) is 0. The van der Waals surface area contributed by atoms with E-state index in [1.165, 1.54) is 39.0 Å². The van der Waals surface area contributed by atoms with E-state index in [1.54, 1.807) is 0 Å². The second-order valence-electron chi connectivity index (χ2n) is 14.5. The van der Waals surface area contributed by atoms with Crippen molar-refractivity contribution in [1.82, 2.24) is 0 Å². The van der Waals surface area contributed by atoms with Crippen molar-refractivity contribution in [1.29, 1.82) is 0 Å². The number of aliphatic hydroxyl groups excluding tert-OH is 2. The topological polar surface area (TPSA) is 49.7 Å². The molecule has 0 aromatic rings. The first-order valence-electron chi connectivity index (χ1n) is 15.9. The molecule has 3 aliphatic rings. The summed E-state index contributed by atoms with van der Waals surface area (Å²) < 4.78 is 6.46. The van der Waals surface area contributed by atoms with Gasteiger partial charge in [0.15, 0.2) is 0 Å². The van der Waals surface area contributed by atoms with E-state index in [9.17, 15) is 10.2 Å². The van der Waals surface area contributed by atoms with Crippen LogP contribution in [0.3, 0.4) is 0 Å². The van der Waals surface area contributed by atoms with E-state index in [4.69, 9.17) is 4.74 Å². The molecular weight excluding hydrogens is 528 g/mol. The van der Waals surface area contributed by atoms with Gasteiger partial charge in [0, 0.05) is 6.42 Å². The quantitative estimate of drug-likeness (QED) is 0.209. The van der Waals surface area contributed by atoms with Crippen LogP contribution in [0, 0.1) is 10.8 Å². The van der Waals surface area contributed by atoms with Crippen molar-refractivity contribution in [3.63, 3.8) is 0 Å². The minimum atomic E-state index is -0.381. The number of hydrogen-bond acceptors (Lipinski definition) is 3. The van der Waals surface area contributed by atoms with Crippen molar-refractivity contribution in [2.75, 3.05) is 0 Å². The Kier molecular flexibility index (Phi) is 11.6. The van der Waals surface area contributed by atoms with Gasteiger partial charge in [-0.05, 0) is 94.4 Å². The van der Waals surface area contributed by atoms with E-state index in [0.29, 0.717) is 6.42 Å². The van der Waals surface area contributed by atoms with Gasteiger partial charge in [0.25, 0.3) is 0 Å². The summed E-state index contributed by atoms with van der Waals surface area (Å²) in [6, 6.07) is 0.